The summed E-state index contributed by atoms with van der Waals surface area (Å²) >= 11 is 0. The minimum absolute atomic E-state index is 0.183. The molecular formula is C14H23N3O3. The molecule has 6 heteroatoms. The summed E-state index contributed by atoms with van der Waals surface area (Å²) in [6.07, 6.45) is 3.17. The van der Waals surface area contributed by atoms with E-state index in [1.54, 1.807) is 10.8 Å². The van der Waals surface area contributed by atoms with Crippen LogP contribution in [0.3, 0.4) is 0 Å². The molecule has 0 aliphatic heterocycles. The number of methoxy groups -OCH3 is 1. The minimum atomic E-state index is -0.549. The lowest BCUT2D eigenvalue weighted by molar-refractivity contribution is -0.116. The predicted octanol–water partition coefficient (Wildman–Crippen LogP) is 0.564. The van der Waals surface area contributed by atoms with Crippen molar-refractivity contribution >= 4 is 12.0 Å². The van der Waals surface area contributed by atoms with Gasteiger partial charge in [0.2, 0.25) is 5.91 Å². The summed E-state index contributed by atoms with van der Waals surface area (Å²) in [7, 11) is 3.40. The van der Waals surface area contributed by atoms with E-state index in [2.05, 4.69) is 10.4 Å². The van der Waals surface area contributed by atoms with Crippen molar-refractivity contribution in [3.05, 3.63) is 23.0 Å². The van der Waals surface area contributed by atoms with Gasteiger partial charge < -0.3 is 15.2 Å². The van der Waals surface area contributed by atoms with Crippen molar-refractivity contribution < 1.29 is 14.6 Å². The number of carbonyl (C=O) groups excluding carboxylic acids is 1. The van der Waals surface area contributed by atoms with Crippen LogP contribution in [0.4, 0.5) is 0 Å². The van der Waals surface area contributed by atoms with Crippen LogP contribution in [0.1, 0.15) is 23.4 Å². The van der Waals surface area contributed by atoms with Crippen molar-refractivity contribution in [2.45, 2.75) is 26.4 Å². The Morgan fingerprint density at radius 1 is 1.55 bits per heavy atom. The average molecular weight is 281 g/mol. The van der Waals surface area contributed by atoms with Gasteiger partial charge in [0.1, 0.15) is 0 Å². The fraction of sp³-hybridized carbons (Fsp3) is 0.571. The number of rotatable bonds is 7. The van der Waals surface area contributed by atoms with Gasteiger partial charge in [-0.25, -0.2) is 0 Å². The summed E-state index contributed by atoms with van der Waals surface area (Å²) in [4.78, 5) is 11.6. The zero-order chi connectivity index (χ0) is 15.1. The van der Waals surface area contributed by atoms with Gasteiger partial charge in [-0.05, 0) is 26.3 Å². The second kappa shape index (κ2) is 7.81. The molecule has 1 aromatic rings. The van der Waals surface area contributed by atoms with Crippen molar-refractivity contribution in [3.63, 3.8) is 0 Å². The Labute approximate surface area is 119 Å². The van der Waals surface area contributed by atoms with Crippen molar-refractivity contribution in [3.8, 4) is 0 Å². The van der Waals surface area contributed by atoms with E-state index >= 15 is 0 Å². The summed E-state index contributed by atoms with van der Waals surface area (Å²) < 4.78 is 6.59. The van der Waals surface area contributed by atoms with Crippen LogP contribution < -0.4 is 5.32 Å². The summed E-state index contributed by atoms with van der Waals surface area (Å²) in [5.74, 6) is -0.183. The standard InChI is InChI=1S/C14H23N3O3/c1-10-13(11(2)17(3)16-10)5-6-14(19)15-8-7-12(18)9-20-4/h5-6,12,18H,7-9H2,1-4H3,(H,15,19)/b6-5+. The molecule has 2 N–H and O–H groups in total. The van der Waals surface area contributed by atoms with E-state index in [1.165, 1.54) is 13.2 Å². The minimum Gasteiger partial charge on any atom is -0.391 e. The maximum atomic E-state index is 11.6. The fourth-order valence-corrected chi connectivity index (χ4v) is 1.89. The Bertz CT molecular complexity index is 480. The molecule has 1 amide bonds. The molecule has 1 atom stereocenters. The average Bonchev–Trinajstić information content (AvgIpc) is 2.61. The van der Waals surface area contributed by atoms with E-state index in [0.29, 0.717) is 13.0 Å². The first kappa shape index (κ1) is 16.4. The van der Waals surface area contributed by atoms with Crippen LogP contribution in [0.15, 0.2) is 6.08 Å². The largest absolute Gasteiger partial charge is 0.391 e. The van der Waals surface area contributed by atoms with Gasteiger partial charge in [-0.1, -0.05) is 0 Å². The molecule has 0 aliphatic rings. The van der Waals surface area contributed by atoms with Crippen molar-refractivity contribution in [1.29, 1.82) is 0 Å². The van der Waals surface area contributed by atoms with Crippen molar-refractivity contribution in [1.82, 2.24) is 15.1 Å². The highest BCUT2D eigenvalue weighted by Gasteiger charge is 2.07. The number of nitrogens with one attached hydrogen (secondary N) is 1. The first-order chi connectivity index (χ1) is 9.45. The molecule has 20 heavy (non-hydrogen) atoms. The van der Waals surface area contributed by atoms with Gasteiger partial charge in [0, 0.05) is 38.0 Å². The highest BCUT2D eigenvalue weighted by Crippen LogP contribution is 2.13. The van der Waals surface area contributed by atoms with Gasteiger partial charge in [0.25, 0.3) is 0 Å². The van der Waals surface area contributed by atoms with E-state index in [9.17, 15) is 9.90 Å². The molecule has 0 radical (unpaired) electrons. The Hall–Kier alpha value is -1.66. The van der Waals surface area contributed by atoms with Gasteiger partial charge >= 0.3 is 0 Å². The highest BCUT2D eigenvalue weighted by atomic mass is 16.5. The molecule has 0 fully saturated rings. The molecule has 1 heterocycles. The molecule has 1 rings (SSSR count). The lowest BCUT2D eigenvalue weighted by Crippen LogP contribution is -2.27. The second-order valence-electron chi connectivity index (χ2n) is 4.73. The number of aryl methyl sites for hydroxylation is 2. The third kappa shape index (κ3) is 4.79. The van der Waals surface area contributed by atoms with Crippen LogP contribution in [0.5, 0.6) is 0 Å². The molecular weight excluding hydrogens is 258 g/mol. The first-order valence-corrected chi connectivity index (χ1v) is 6.58. The third-order valence-electron chi connectivity index (χ3n) is 3.10. The van der Waals surface area contributed by atoms with E-state index in [1.807, 2.05) is 20.9 Å². The summed E-state index contributed by atoms with van der Waals surface area (Å²) in [5.41, 5.74) is 2.87. The smallest absolute Gasteiger partial charge is 0.244 e. The quantitative estimate of drug-likeness (QED) is 0.716. The molecule has 0 aromatic carbocycles. The number of aromatic nitrogens is 2. The number of ether oxygens (including phenoxy) is 1. The van der Waals surface area contributed by atoms with Gasteiger partial charge in [0.15, 0.2) is 0 Å². The topological polar surface area (TPSA) is 76.4 Å². The first-order valence-electron chi connectivity index (χ1n) is 6.58. The Balaban J connectivity index is 2.44. The van der Waals surface area contributed by atoms with E-state index in [-0.39, 0.29) is 12.5 Å². The maximum Gasteiger partial charge on any atom is 0.244 e. The van der Waals surface area contributed by atoms with Crippen LogP contribution in [0.2, 0.25) is 0 Å². The zero-order valence-electron chi connectivity index (χ0n) is 12.5. The van der Waals surface area contributed by atoms with Gasteiger partial charge in [-0.3, -0.25) is 9.48 Å². The van der Waals surface area contributed by atoms with E-state index < -0.39 is 6.10 Å². The third-order valence-corrected chi connectivity index (χ3v) is 3.10. The van der Waals surface area contributed by atoms with E-state index in [0.717, 1.165) is 17.0 Å². The predicted molar refractivity (Wildman–Crippen MR) is 77.2 cm³/mol. The number of amides is 1. The number of nitrogens with zero attached hydrogens (tertiary/aromatic N) is 2. The molecule has 6 nitrogen and oxygen atoms in total. The second-order valence-corrected chi connectivity index (χ2v) is 4.73. The lowest BCUT2D eigenvalue weighted by Gasteiger charge is -2.08. The monoisotopic (exact) mass is 281 g/mol. The highest BCUT2D eigenvalue weighted by molar-refractivity contribution is 5.91. The van der Waals surface area contributed by atoms with E-state index in [4.69, 9.17) is 4.74 Å². The molecule has 0 spiro atoms. The normalized spacial score (nSPS) is 12.8. The van der Waals surface area contributed by atoms with Crippen molar-refractivity contribution in [2.24, 2.45) is 7.05 Å². The molecule has 0 saturated carbocycles. The number of hydrogen-bond donors (Lipinski definition) is 2. The Morgan fingerprint density at radius 3 is 2.80 bits per heavy atom. The number of aliphatic hydroxyl groups excluding tert-OH is 1. The summed E-state index contributed by atoms with van der Waals surface area (Å²) in [6.45, 7) is 4.56. The fourth-order valence-electron chi connectivity index (χ4n) is 1.89. The Morgan fingerprint density at radius 2 is 2.25 bits per heavy atom. The molecule has 1 aromatic heterocycles. The van der Waals surface area contributed by atoms with Crippen LogP contribution >= 0.6 is 0 Å². The number of hydrogen-bond acceptors (Lipinski definition) is 4. The Kier molecular flexibility index (Phi) is 6.41. The lowest BCUT2D eigenvalue weighted by atomic mass is 10.2. The molecule has 112 valence electrons. The van der Waals surface area contributed by atoms with Crippen molar-refractivity contribution in [2.75, 3.05) is 20.3 Å². The number of aliphatic hydroxyl groups is 1. The maximum absolute atomic E-state index is 11.6. The van der Waals surface area contributed by atoms with Gasteiger partial charge in [-0.15, -0.1) is 0 Å². The van der Waals surface area contributed by atoms with Gasteiger partial charge in [-0.2, -0.15) is 5.10 Å². The molecule has 0 aliphatic carbocycles. The summed E-state index contributed by atoms with van der Waals surface area (Å²) in [5, 5.41) is 16.4. The summed E-state index contributed by atoms with van der Waals surface area (Å²) in [6, 6.07) is 0. The molecule has 0 saturated heterocycles. The van der Waals surface area contributed by atoms with Crippen LogP contribution in [0.25, 0.3) is 6.08 Å². The molecule has 0 bridgehead atoms. The number of carbonyl (C=O) groups is 1. The van der Waals surface area contributed by atoms with Crippen LogP contribution in [0, 0.1) is 13.8 Å². The molecule has 1 unspecified atom stereocenters. The van der Waals surface area contributed by atoms with Crippen LogP contribution in [-0.2, 0) is 16.6 Å². The SMILES string of the molecule is COCC(O)CCNC(=O)/C=C/c1c(C)nn(C)c1C. The zero-order valence-corrected chi connectivity index (χ0v) is 12.5. The van der Waals surface area contributed by atoms with Crippen LogP contribution in [-0.4, -0.2) is 47.2 Å². The van der Waals surface area contributed by atoms with Gasteiger partial charge in [0.05, 0.1) is 18.4 Å².